The normalized spacial score (nSPS) is 13.5. The first kappa shape index (κ1) is 34.6. The van der Waals surface area contributed by atoms with Crippen LogP contribution in [0.4, 0.5) is 23.2 Å². The highest BCUT2D eigenvalue weighted by Gasteiger charge is 2.33. The molecule has 1 aromatic carbocycles. The second kappa shape index (κ2) is 15.4. The number of halogens is 5. The van der Waals surface area contributed by atoms with E-state index in [9.17, 15) is 22.4 Å². The van der Waals surface area contributed by atoms with Crippen molar-refractivity contribution in [3.8, 4) is 6.07 Å². The van der Waals surface area contributed by atoms with Crippen LogP contribution in [-0.2, 0) is 12.7 Å². The Kier molecular flexibility index (Phi) is 13.3. The number of hydrogen-bond donors (Lipinski definition) is 2. The number of primary amides is 1. The highest BCUT2D eigenvalue weighted by molar-refractivity contribution is 6.31. The van der Waals surface area contributed by atoms with Gasteiger partial charge in [0.25, 0.3) is 5.91 Å². The third-order valence-corrected chi connectivity index (χ3v) is 5.89. The van der Waals surface area contributed by atoms with Gasteiger partial charge >= 0.3 is 6.18 Å². The molecular weight excluding hydrogens is 548 g/mol. The number of benzene rings is 1. The van der Waals surface area contributed by atoms with Crippen LogP contribution >= 0.6 is 11.6 Å². The van der Waals surface area contributed by atoms with Crippen LogP contribution in [0.15, 0.2) is 30.5 Å². The van der Waals surface area contributed by atoms with Crippen LogP contribution in [-0.4, -0.2) is 26.3 Å². The Morgan fingerprint density at radius 3 is 2.17 bits per heavy atom. The van der Waals surface area contributed by atoms with Gasteiger partial charge in [-0.15, -0.1) is 0 Å². The Balaban J connectivity index is 0.000000309. The van der Waals surface area contributed by atoms with Gasteiger partial charge in [-0.1, -0.05) is 64.5 Å². The van der Waals surface area contributed by atoms with Gasteiger partial charge in [0.15, 0.2) is 5.69 Å². The summed E-state index contributed by atoms with van der Waals surface area (Å²) in [6.45, 7) is 9.09. The molecule has 2 aromatic heterocycles. The molecule has 0 saturated heterocycles. The number of fused-ring (bicyclic) bond motifs is 1. The highest BCUT2D eigenvalue weighted by Crippen LogP contribution is 2.32. The molecule has 0 bridgehead atoms. The second-order valence-corrected chi connectivity index (χ2v) is 10.2. The molecule has 40 heavy (non-hydrogen) atoms. The average molecular weight is 585 g/mol. The van der Waals surface area contributed by atoms with E-state index in [0.29, 0.717) is 10.4 Å². The highest BCUT2D eigenvalue weighted by atomic mass is 35.5. The zero-order chi connectivity index (χ0) is 30.7. The lowest BCUT2D eigenvalue weighted by Crippen LogP contribution is -2.21. The second-order valence-electron chi connectivity index (χ2n) is 9.78. The first-order valence-electron chi connectivity index (χ1n) is 13.0. The number of amides is 1. The van der Waals surface area contributed by atoms with E-state index in [4.69, 9.17) is 28.3 Å². The smallest absolute Gasteiger partial charge is 0.398 e. The molecule has 12 heteroatoms. The molecule has 7 nitrogen and oxygen atoms in total. The van der Waals surface area contributed by atoms with Gasteiger partial charge in [0.1, 0.15) is 17.4 Å². The molecule has 3 aromatic rings. The van der Waals surface area contributed by atoms with Gasteiger partial charge in [-0.2, -0.15) is 23.5 Å². The standard InChI is InChI=1S/C10H6ClF3N2.C9H11FN4O.C7H14.C2H6/c11-5-1-2-8-6(3-5)7(15)4-9(16-8)10(12,13)14;1-9(2,10)5-14-4-6(8(12)15)7(3-11)13-14;1-7-5-3-2-4-6-7;1-2/h1-4H,(H2,15,16);4H,5H2,1-2H3,(H2,12,15);7H,2-6H2,1H3;1-2H3. The summed E-state index contributed by atoms with van der Waals surface area (Å²) >= 11 is 5.71. The topological polar surface area (TPSA) is 124 Å². The van der Waals surface area contributed by atoms with Crippen LogP contribution in [0.1, 0.15) is 88.5 Å². The van der Waals surface area contributed by atoms with E-state index in [-0.39, 0.29) is 29.0 Å². The number of carbonyl (C=O) groups excluding carboxylic acids is 1. The first-order chi connectivity index (χ1) is 18.6. The summed E-state index contributed by atoms with van der Waals surface area (Å²) in [6.07, 6.45) is 4.22. The Labute approximate surface area is 237 Å². The van der Waals surface area contributed by atoms with Gasteiger partial charge in [0.2, 0.25) is 0 Å². The number of rotatable bonds is 3. The predicted molar refractivity (Wildman–Crippen MR) is 150 cm³/mol. The minimum atomic E-state index is -4.50. The molecule has 0 radical (unpaired) electrons. The third-order valence-electron chi connectivity index (χ3n) is 5.66. The van der Waals surface area contributed by atoms with Gasteiger partial charge in [0.05, 0.1) is 17.6 Å². The molecule has 0 unspecified atom stereocenters. The van der Waals surface area contributed by atoms with Crippen molar-refractivity contribution >= 4 is 34.1 Å². The number of nitrogens with two attached hydrogens (primary N) is 2. The Morgan fingerprint density at radius 1 is 1.15 bits per heavy atom. The lowest BCUT2D eigenvalue weighted by molar-refractivity contribution is -0.140. The van der Waals surface area contributed by atoms with E-state index >= 15 is 0 Å². The van der Waals surface area contributed by atoms with Crippen LogP contribution in [0.3, 0.4) is 0 Å². The number of anilines is 1. The van der Waals surface area contributed by atoms with Gasteiger partial charge in [0, 0.05) is 22.3 Å². The molecule has 1 aliphatic carbocycles. The van der Waals surface area contributed by atoms with Crippen molar-refractivity contribution in [2.75, 3.05) is 5.73 Å². The van der Waals surface area contributed by atoms with Crippen molar-refractivity contribution < 1.29 is 22.4 Å². The third kappa shape index (κ3) is 11.4. The summed E-state index contributed by atoms with van der Waals surface area (Å²) in [7, 11) is 0. The Morgan fingerprint density at radius 2 is 1.75 bits per heavy atom. The van der Waals surface area contributed by atoms with Crippen molar-refractivity contribution in [1.82, 2.24) is 14.8 Å². The quantitative estimate of drug-likeness (QED) is 0.305. The number of carbonyl (C=O) groups is 1. The fourth-order valence-electron chi connectivity index (χ4n) is 3.83. The zero-order valence-electron chi connectivity index (χ0n) is 23.4. The number of nitrogen functional groups attached to an aromatic ring is 1. The summed E-state index contributed by atoms with van der Waals surface area (Å²) in [4.78, 5) is 14.4. The van der Waals surface area contributed by atoms with E-state index in [1.165, 1.54) is 75.0 Å². The van der Waals surface area contributed by atoms with E-state index in [1.54, 1.807) is 6.07 Å². The molecule has 4 N–H and O–H groups in total. The molecule has 0 atom stereocenters. The fourth-order valence-corrected chi connectivity index (χ4v) is 4.00. The minimum Gasteiger partial charge on any atom is -0.398 e. The van der Waals surface area contributed by atoms with Gasteiger partial charge in [-0.3, -0.25) is 9.48 Å². The number of aromatic nitrogens is 3. The molecule has 1 fully saturated rings. The lowest BCUT2D eigenvalue weighted by atomic mass is 9.91. The number of hydrogen-bond acceptors (Lipinski definition) is 5. The number of alkyl halides is 4. The molecule has 2 heterocycles. The average Bonchev–Trinajstić information content (AvgIpc) is 3.28. The number of pyridine rings is 1. The van der Waals surface area contributed by atoms with E-state index in [0.717, 1.165) is 12.0 Å². The minimum absolute atomic E-state index is 0.0137. The molecule has 1 saturated carbocycles. The van der Waals surface area contributed by atoms with Crippen LogP contribution in [0.5, 0.6) is 0 Å². The Hall–Kier alpha value is -3.39. The lowest BCUT2D eigenvalue weighted by Gasteiger charge is -2.15. The van der Waals surface area contributed by atoms with Crippen molar-refractivity contribution in [3.05, 3.63) is 52.4 Å². The number of nitriles is 1. The summed E-state index contributed by atoms with van der Waals surface area (Å²) in [6, 6.07) is 6.89. The molecular formula is C28H37ClF4N6O. The summed E-state index contributed by atoms with van der Waals surface area (Å²) in [5, 5.41) is 13.2. The molecule has 220 valence electrons. The van der Waals surface area contributed by atoms with Gasteiger partial charge in [-0.05, 0) is 44.0 Å². The van der Waals surface area contributed by atoms with Crippen LogP contribution in [0.25, 0.3) is 10.9 Å². The maximum atomic E-state index is 13.3. The summed E-state index contributed by atoms with van der Waals surface area (Å²) in [5.41, 5.74) is 8.22. The van der Waals surface area contributed by atoms with Crippen molar-refractivity contribution in [3.63, 3.8) is 0 Å². The fraction of sp³-hybridized carbons (Fsp3) is 0.500. The van der Waals surface area contributed by atoms with Crippen LogP contribution in [0, 0.1) is 17.2 Å². The van der Waals surface area contributed by atoms with Crippen LogP contribution < -0.4 is 11.5 Å². The maximum absolute atomic E-state index is 13.3. The first-order valence-corrected chi connectivity index (χ1v) is 13.4. The monoisotopic (exact) mass is 584 g/mol. The van der Waals surface area contributed by atoms with E-state index in [2.05, 4.69) is 17.0 Å². The number of nitrogens with zero attached hydrogens (tertiary/aromatic N) is 4. The van der Waals surface area contributed by atoms with Crippen LogP contribution in [0.2, 0.25) is 5.02 Å². The van der Waals surface area contributed by atoms with E-state index in [1.807, 2.05) is 13.8 Å². The molecule has 1 amide bonds. The zero-order valence-corrected chi connectivity index (χ0v) is 24.2. The van der Waals surface area contributed by atoms with Gasteiger partial charge < -0.3 is 11.5 Å². The van der Waals surface area contributed by atoms with Crippen molar-refractivity contribution in [2.24, 2.45) is 11.7 Å². The summed E-state index contributed by atoms with van der Waals surface area (Å²) in [5.74, 6) is 0.295. The molecule has 0 aliphatic heterocycles. The van der Waals surface area contributed by atoms with Crippen molar-refractivity contribution in [1.29, 1.82) is 5.26 Å². The maximum Gasteiger partial charge on any atom is 0.433 e. The molecule has 4 rings (SSSR count). The van der Waals surface area contributed by atoms with Crippen molar-refractivity contribution in [2.45, 2.75) is 85.1 Å². The molecule has 0 spiro atoms. The molecule has 1 aliphatic rings. The predicted octanol–water partition coefficient (Wildman–Crippen LogP) is 7.70. The SMILES string of the molecule is CC.CC(C)(F)Cn1cc(C(N)=O)c(C#N)n1.CC1CCCCC1.Nc1cc(C(F)(F)F)nc2ccc(Cl)cc12. The largest absolute Gasteiger partial charge is 0.433 e. The summed E-state index contributed by atoms with van der Waals surface area (Å²) < 4.78 is 51.8. The Bertz CT molecular complexity index is 1290. The van der Waals surface area contributed by atoms with E-state index < -0.39 is 23.4 Å². The van der Waals surface area contributed by atoms with Gasteiger partial charge in [-0.25, -0.2) is 9.37 Å².